The van der Waals surface area contributed by atoms with Gasteiger partial charge < -0.3 is 0 Å². The fraction of sp³-hybridized carbons (Fsp3) is 1.00. The Bertz CT molecular complexity index is 157. The molecule has 92 valence electrons. The van der Waals surface area contributed by atoms with Gasteiger partial charge in [0.2, 0.25) is 0 Å². The molecular formula is C15H32. The molecule has 0 saturated carbocycles. The lowest BCUT2D eigenvalue weighted by molar-refractivity contribution is 0.163. The average Bonchev–Trinajstić information content (AvgIpc) is 2.13. The summed E-state index contributed by atoms with van der Waals surface area (Å²) in [5.41, 5.74) is 0. The summed E-state index contributed by atoms with van der Waals surface area (Å²) in [5, 5.41) is 0. The van der Waals surface area contributed by atoms with E-state index in [1.165, 1.54) is 6.42 Å². The first-order valence-electron chi connectivity index (χ1n) is 6.77. The Balaban J connectivity index is 4.23. The fourth-order valence-electron chi connectivity index (χ4n) is 2.56. The van der Waals surface area contributed by atoms with Gasteiger partial charge in [0.15, 0.2) is 0 Å². The SMILES string of the molecule is CC(C)CC(C)C(C)C(C)C(C)C(C)C. The second-order valence-electron chi connectivity index (χ2n) is 6.43. The van der Waals surface area contributed by atoms with Crippen molar-refractivity contribution < 1.29 is 0 Å². The van der Waals surface area contributed by atoms with Crippen LogP contribution < -0.4 is 0 Å². The summed E-state index contributed by atoms with van der Waals surface area (Å²) in [5.74, 6) is 5.05. The summed E-state index contributed by atoms with van der Waals surface area (Å²) in [6.07, 6.45) is 1.37. The highest BCUT2D eigenvalue weighted by Crippen LogP contribution is 2.33. The van der Waals surface area contributed by atoms with E-state index in [2.05, 4.69) is 55.4 Å². The molecule has 0 fully saturated rings. The van der Waals surface area contributed by atoms with Gasteiger partial charge >= 0.3 is 0 Å². The highest BCUT2D eigenvalue weighted by Gasteiger charge is 2.25. The Morgan fingerprint density at radius 3 is 1.40 bits per heavy atom. The Kier molecular flexibility index (Phi) is 6.55. The molecule has 0 aromatic heterocycles. The Morgan fingerprint density at radius 1 is 0.600 bits per heavy atom. The first-order chi connectivity index (χ1) is 6.77. The molecule has 4 atom stereocenters. The Morgan fingerprint density at radius 2 is 1.07 bits per heavy atom. The summed E-state index contributed by atoms with van der Waals surface area (Å²) in [4.78, 5) is 0. The van der Waals surface area contributed by atoms with E-state index in [0.29, 0.717) is 0 Å². The molecule has 0 rings (SSSR count). The van der Waals surface area contributed by atoms with Crippen molar-refractivity contribution in [2.45, 2.75) is 61.8 Å². The molecule has 0 bridgehead atoms. The third-order valence-corrected chi connectivity index (χ3v) is 4.45. The second-order valence-corrected chi connectivity index (χ2v) is 6.43. The molecule has 0 aliphatic carbocycles. The van der Waals surface area contributed by atoms with Crippen LogP contribution in [0.2, 0.25) is 0 Å². The topological polar surface area (TPSA) is 0 Å². The summed E-state index contributed by atoms with van der Waals surface area (Å²) in [7, 11) is 0. The molecule has 0 aliphatic rings. The third kappa shape index (κ3) is 5.04. The molecule has 0 heterocycles. The van der Waals surface area contributed by atoms with Gasteiger partial charge in [0.1, 0.15) is 0 Å². The largest absolute Gasteiger partial charge is 0.0628 e. The van der Waals surface area contributed by atoms with Gasteiger partial charge in [-0.1, -0.05) is 55.4 Å². The van der Waals surface area contributed by atoms with E-state index in [4.69, 9.17) is 0 Å². The van der Waals surface area contributed by atoms with Crippen LogP contribution in [0.25, 0.3) is 0 Å². The Hall–Kier alpha value is 0. The maximum Gasteiger partial charge on any atom is -0.0386 e. The van der Waals surface area contributed by atoms with E-state index < -0.39 is 0 Å². The lowest BCUT2D eigenvalue weighted by Crippen LogP contribution is -2.26. The van der Waals surface area contributed by atoms with Gasteiger partial charge in [-0.15, -0.1) is 0 Å². The van der Waals surface area contributed by atoms with Crippen molar-refractivity contribution in [1.82, 2.24) is 0 Å². The number of hydrogen-bond donors (Lipinski definition) is 0. The van der Waals surface area contributed by atoms with Gasteiger partial charge in [0.25, 0.3) is 0 Å². The van der Waals surface area contributed by atoms with E-state index in [1.54, 1.807) is 0 Å². The van der Waals surface area contributed by atoms with Gasteiger partial charge in [-0.25, -0.2) is 0 Å². The van der Waals surface area contributed by atoms with E-state index in [-0.39, 0.29) is 0 Å². The predicted molar refractivity (Wildman–Crippen MR) is 70.9 cm³/mol. The molecule has 4 unspecified atom stereocenters. The highest BCUT2D eigenvalue weighted by molar-refractivity contribution is 4.74. The van der Waals surface area contributed by atoms with Crippen molar-refractivity contribution in [2.75, 3.05) is 0 Å². The minimum absolute atomic E-state index is 0.814. The standard InChI is InChI=1S/C15H32/c1-10(2)9-12(5)14(7)15(8)13(6)11(3)4/h10-15H,9H2,1-8H3. The van der Waals surface area contributed by atoms with Crippen molar-refractivity contribution in [3.05, 3.63) is 0 Å². The normalized spacial score (nSPS) is 20.4. The van der Waals surface area contributed by atoms with Crippen LogP contribution in [-0.2, 0) is 0 Å². The zero-order chi connectivity index (χ0) is 12.2. The average molecular weight is 212 g/mol. The van der Waals surface area contributed by atoms with Crippen LogP contribution in [0.4, 0.5) is 0 Å². The van der Waals surface area contributed by atoms with E-state index in [1.807, 2.05) is 0 Å². The first-order valence-corrected chi connectivity index (χ1v) is 6.77. The molecule has 0 aromatic rings. The van der Waals surface area contributed by atoms with Crippen molar-refractivity contribution in [3.8, 4) is 0 Å². The van der Waals surface area contributed by atoms with Crippen molar-refractivity contribution in [1.29, 1.82) is 0 Å². The van der Waals surface area contributed by atoms with Crippen molar-refractivity contribution >= 4 is 0 Å². The molecule has 0 spiro atoms. The van der Waals surface area contributed by atoms with E-state index in [0.717, 1.165) is 35.5 Å². The number of hydrogen-bond acceptors (Lipinski definition) is 0. The minimum atomic E-state index is 0.814. The minimum Gasteiger partial charge on any atom is -0.0628 e. The molecule has 0 saturated heterocycles. The fourth-order valence-corrected chi connectivity index (χ4v) is 2.56. The molecule has 0 nitrogen and oxygen atoms in total. The summed E-state index contributed by atoms with van der Waals surface area (Å²) < 4.78 is 0. The van der Waals surface area contributed by atoms with Gasteiger partial charge in [-0.05, 0) is 41.9 Å². The molecule has 0 aromatic carbocycles. The molecule has 0 radical (unpaired) electrons. The van der Waals surface area contributed by atoms with Crippen LogP contribution in [0.3, 0.4) is 0 Å². The lowest BCUT2D eigenvalue weighted by Gasteiger charge is -2.33. The Labute approximate surface area is 97.8 Å². The predicted octanol–water partition coefficient (Wildman–Crippen LogP) is 5.23. The van der Waals surface area contributed by atoms with E-state index >= 15 is 0 Å². The number of rotatable bonds is 6. The highest BCUT2D eigenvalue weighted by atomic mass is 14.3. The first kappa shape index (κ1) is 15.0. The quantitative estimate of drug-likeness (QED) is 0.565. The molecule has 0 N–H and O–H groups in total. The summed E-state index contributed by atoms with van der Waals surface area (Å²) in [6.45, 7) is 19.1. The van der Waals surface area contributed by atoms with Gasteiger partial charge in [0, 0.05) is 0 Å². The molecule has 0 amide bonds. The zero-order valence-electron chi connectivity index (χ0n) is 12.2. The van der Waals surface area contributed by atoms with Gasteiger partial charge in [-0.2, -0.15) is 0 Å². The molecule has 15 heavy (non-hydrogen) atoms. The summed E-state index contributed by atoms with van der Waals surface area (Å²) in [6, 6.07) is 0. The maximum absolute atomic E-state index is 2.44. The zero-order valence-corrected chi connectivity index (χ0v) is 12.2. The summed E-state index contributed by atoms with van der Waals surface area (Å²) >= 11 is 0. The maximum atomic E-state index is 2.44. The van der Waals surface area contributed by atoms with Crippen LogP contribution in [0, 0.1) is 35.5 Å². The third-order valence-electron chi connectivity index (χ3n) is 4.45. The second kappa shape index (κ2) is 6.55. The molecule has 0 aliphatic heterocycles. The monoisotopic (exact) mass is 212 g/mol. The van der Waals surface area contributed by atoms with E-state index in [9.17, 15) is 0 Å². The van der Waals surface area contributed by atoms with Crippen molar-refractivity contribution in [2.24, 2.45) is 35.5 Å². The smallest absolute Gasteiger partial charge is 0.0386 e. The van der Waals surface area contributed by atoms with Crippen molar-refractivity contribution in [3.63, 3.8) is 0 Å². The van der Waals surface area contributed by atoms with Crippen LogP contribution in [0.1, 0.15) is 61.8 Å². The van der Waals surface area contributed by atoms with Crippen LogP contribution in [0.5, 0.6) is 0 Å². The van der Waals surface area contributed by atoms with Gasteiger partial charge in [0.05, 0.1) is 0 Å². The molecule has 0 heteroatoms. The molecular weight excluding hydrogens is 180 g/mol. The van der Waals surface area contributed by atoms with Gasteiger partial charge in [-0.3, -0.25) is 0 Å². The van der Waals surface area contributed by atoms with Crippen LogP contribution in [-0.4, -0.2) is 0 Å². The van der Waals surface area contributed by atoms with Crippen LogP contribution in [0.15, 0.2) is 0 Å². The van der Waals surface area contributed by atoms with Crippen LogP contribution >= 0.6 is 0 Å². The lowest BCUT2D eigenvalue weighted by atomic mass is 9.73.